The summed E-state index contributed by atoms with van der Waals surface area (Å²) in [5, 5.41) is 13.9. The van der Waals surface area contributed by atoms with Gasteiger partial charge in [-0.3, -0.25) is 4.79 Å². The summed E-state index contributed by atoms with van der Waals surface area (Å²) >= 11 is 0. The minimum Gasteiger partial charge on any atom is -0.550 e. The Hall–Kier alpha value is -2.14. The van der Waals surface area contributed by atoms with Gasteiger partial charge in [-0.1, -0.05) is 30.4 Å². The zero-order chi connectivity index (χ0) is 13.4. The Bertz CT molecular complexity index is 540. The molecular formula is C14H12NO4-. The first-order chi connectivity index (χ1) is 9.16. The van der Waals surface area contributed by atoms with Gasteiger partial charge in [0.25, 0.3) is 0 Å². The summed E-state index contributed by atoms with van der Waals surface area (Å²) in [6, 6.07) is 8.92. The Morgan fingerprint density at radius 1 is 1.05 bits per heavy atom. The number of hydrogen-bond acceptors (Lipinski definition) is 4. The van der Waals surface area contributed by atoms with E-state index in [9.17, 15) is 14.7 Å². The molecule has 2 bridgehead atoms. The molecule has 1 aromatic carbocycles. The number of hydrogen-bond donors (Lipinski definition) is 1. The van der Waals surface area contributed by atoms with Crippen LogP contribution >= 0.6 is 0 Å². The van der Waals surface area contributed by atoms with Gasteiger partial charge in [0.15, 0.2) is 0 Å². The zero-order valence-corrected chi connectivity index (χ0v) is 9.98. The lowest BCUT2D eigenvalue weighted by Crippen LogP contribution is -2.45. The maximum atomic E-state index is 12.2. The first kappa shape index (κ1) is 11.9. The summed E-state index contributed by atoms with van der Waals surface area (Å²) in [4.78, 5) is 23.4. The molecule has 0 unspecified atom stereocenters. The molecule has 0 aromatic heterocycles. The molecule has 1 aromatic rings. The van der Waals surface area contributed by atoms with Crippen LogP contribution in [0.15, 0.2) is 42.5 Å². The number of carboxylic acids is 1. The van der Waals surface area contributed by atoms with Gasteiger partial charge in [-0.05, 0) is 12.1 Å². The van der Waals surface area contributed by atoms with Crippen LogP contribution in [0.3, 0.4) is 0 Å². The molecule has 2 heterocycles. The number of amides is 1. The number of rotatable bonds is 3. The first-order valence-corrected chi connectivity index (χ1v) is 6.07. The van der Waals surface area contributed by atoms with Crippen molar-refractivity contribution in [2.75, 3.05) is 5.32 Å². The largest absolute Gasteiger partial charge is 0.550 e. The Balaban J connectivity index is 1.79. The predicted molar refractivity (Wildman–Crippen MR) is 64.9 cm³/mol. The highest BCUT2D eigenvalue weighted by atomic mass is 16.5. The van der Waals surface area contributed by atoms with E-state index in [1.54, 1.807) is 36.4 Å². The molecule has 0 saturated carbocycles. The molecule has 1 N–H and O–H groups in total. The van der Waals surface area contributed by atoms with Gasteiger partial charge in [-0.2, -0.15) is 0 Å². The fraction of sp³-hybridized carbons (Fsp3) is 0.286. The third kappa shape index (κ3) is 2.02. The molecule has 3 rings (SSSR count). The number of anilines is 1. The second-order valence-electron chi connectivity index (χ2n) is 4.68. The summed E-state index contributed by atoms with van der Waals surface area (Å²) < 4.78 is 5.42. The van der Waals surface area contributed by atoms with E-state index in [1.165, 1.54) is 0 Å². The minimum atomic E-state index is -1.25. The summed E-state index contributed by atoms with van der Waals surface area (Å²) in [6.07, 6.45) is 2.38. The first-order valence-electron chi connectivity index (χ1n) is 6.07. The number of aliphatic carboxylic acids is 1. The number of carbonyl (C=O) groups is 2. The molecule has 1 fully saturated rings. The third-order valence-corrected chi connectivity index (χ3v) is 3.52. The molecule has 0 spiro atoms. The summed E-state index contributed by atoms with van der Waals surface area (Å²) in [6.45, 7) is 0. The van der Waals surface area contributed by atoms with Gasteiger partial charge in [-0.15, -0.1) is 0 Å². The molecule has 0 radical (unpaired) electrons. The quantitative estimate of drug-likeness (QED) is 0.771. The molecule has 0 aliphatic carbocycles. The Labute approximate surface area is 109 Å². The van der Waals surface area contributed by atoms with Crippen LogP contribution in [0.1, 0.15) is 0 Å². The van der Waals surface area contributed by atoms with Crippen LogP contribution in [0, 0.1) is 11.8 Å². The molecule has 1 amide bonds. The van der Waals surface area contributed by atoms with Crippen molar-refractivity contribution < 1.29 is 19.4 Å². The van der Waals surface area contributed by atoms with E-state index in [1.807, 2.05) is 6.07 Å². The molecule has 98 valence electrons. The van der Waals surface area contributed by atoms with Crippen molar-refractivity contribution in [1.29, 1.82) is 0 Å². The van der Waals surface area contributed by atoms with Crippen LogP contribution in [0.2, 0.25) is 0 Å². The smallest absolute Gasteiger partial charge is 0.231 e. The number of fused-ring (bicyclic) bond motifs is 2. The zero-order valence-electron chi connectivity index (χ0n) is 9.98. The van der Waals surface area contributed by atoms with Crippen molar-refractivity contribution in [3.05, 3.63) is 42.5 Å². The van der Waals surface area contributed by atoms with Gasteiger partial charge in [0.2, 0.25) is 5.91 Å². The van der Waals surface area contributed by atoms with Crippen LogP contribution in [-0.2, 0) is 14.3 Å². The lowest BCUT2D eigenvalue weighted by atomic mass is 9.82. The lowest BCUT2D eigenvalue weighted by Gasteiger charge is -2.24. The van der Waals surface area contributed by atoms with Crippen LogP contribution in [-0.4, -0.2) is 24.1 Å². The minimum absolute atomic E-state index is 0.350. The van der Waals surface area contributed by atoms with Crippen LogP contribution in [0.4, 0.5) is 5.69 Å². The SMILES string of the molecule is O=C([O-])[C@@H]1[C@H](C(=O)Nc2ccccc2)[C@@H]2C=C[C@H]1O2. The molecule has 5 heteroatoms. The van der Waals surface area contributed by atoms with Crippen molar-refractivity contribution in [1.82, 2.24) is 0 Å². The van der Waals surface area contributed by atoms with Crippen LogP contribution in [0.5, 0.6) is 0 Å². The third-order valence-electron chi connectivity index (χ3n) is 3.52. The van der Waals surface area contributed by atoms with Crippen molar-refractivity contribution >= 4 is 17.6 Å². The topological polar surface area (TPSA) is 78.5 Å². The van der Waals surface area contributed by atoms with Crippen LogP contribution < -0.4 is 10.4 Å². The van der Waals surface area contributed by atoms with Crippen molar-refractivity contribution in [3.63, 3.8) is 0 Å². The van der Waals surface area contributed by atoms with E-state index < -0.39 is 30.0 Å². The standard InChI is InChI=1S/C14H13NO4/c16-13(15-8-4-2-1-3-5-8)11-9-6-7-10(19-9)12(11)14(17)18/h1-7,9-12H,(H,15,16)(H,17,18)/p-1/t9-,10+,11+,12-/m0/s1. The van der Waals surface area contributed by atoms with Gasteiger partial charge in [-0.25, -0.2) is 0 Å². The van der Waals surface area contributed by atoms with Gasteiger partial charge in [0.1, 0.15) is 0 Å². The number of ether oxygens (including phenoxy) is 1. The second-order valence-corrected chi connectivity index (χ2v) is 4.68. The monoisotopic (exact) mass is 258 g/mol. The van der Waals surface area contributed by atoms with Gasteiger partial charge < -0.3 is 20.0 Å². The van der Waals surface area contributed by atoms with Gasteiger partial charge >= 0.3 is 0 Å². The second kappa shape index (κ2) is 4.51. The number of nitrogens with one attached hydrogen (secondary N) is 1. The highest BCUT2D eigenvalue weighted by Gasteiger charge is 2.50. The van der Waals surface area contributed by atoms with E-state index in [2.05, 4.69) is 5.32 Å². The Kier molecular flexibility index (Phi) is 2.83. The summed E-state index contributed by atoms with van der Waals surface area (Å²) in [5.74, 6) is -3.25. The van der Waals surface area contributed by atoms with Crippen LogP contribution in [0.25, 0.3) is 0 Å². The molecule has 2 aliphatic heterocycles. The average molecular weight is 258 g/mol. The number of carboxylic acid groups (broad SMARTS) is 1. The Morgan fingerprint density at radius 3 is 2.32 bits per heavy atom. The summed E-state index contributed by atoms with van der Waals surface area (Å²) in [5.41, 5.74) is 0.636. The maximum Gasteiger partial charge on any atom is 0.231 e. The van der Waals surface area contributed by atoms with E-state index in [4.69, 9.17) is 4.74 Å². The fourth-order valence-electron chi connectivity index (χ4n) is 2.65. The molecule has 1 saturated heterocycles. The maximum absolute atomic E-state index is 12.2. The molecule has 19 heavy (non-hydrogen) atoms. The normalized spacial score (nSPS) is 31.4. The van der Waals surface area contributed by atoms with E-state index in [0.717, 1.165) is 0 Å². The van der Waals surface area contributed by atoms with Gasteiger partial charge in [0.05, 0.1) is 18.1 Å². The molecule has 2 aliphatic rings. The van der Waals surface area contributed by atoms with E-state index in [0.29, 0.717) is 5.69 Å². The highest BCUT2D eigenvalue weighted by molar-refractivity contribution is 5.96. The van der Waals surface area contributed by atoms with Crippen molar-refractivity contribution in [2.45, 2.75) is 12.2 Å². The molecular weight excluding hydrogens is 246 g/mol. The highest BCUT2D eigenvalue weighted by Crippen LogP contribution is 2.39. The fourth-order valence-corrected chi connectivity index (χ4v) is 2.65. The van der Waals surface area contributed by atoms with E-state index >= 15 is 0 Å². The average Bonchev–Trinajstić information content (AvgIpc) is 2.99. The lowest BCUT2D eigenvalue weighted by molar-refractivity contribution is -0.313. The van der Waals surface area contributed by atoms with Gasteiger partial charge in [0, 0.05) is 17.6 Å². The van der Waals surface area contributed by atoms with E-state index in [-0.39, 0.29) is 5.91 Å². The number of carbonyl (C=O) groups excluding carboxylic acids is 2. The summed E-state index contributed by atoms with van der Waals surface area (Å²) in [7, 11) is 0. The number of benzene rings is 1. The van der Waals surface area contributed by atoms with Crippen molar-refractivity contribution in [3.8, 4) is 0 Å². The molecule has 5 nitrogen and oxygen atoms in total. The number of para-hydroxylation sites is 1. The predicted octanol–water partition coefficient (Wildman–Crippen LogP) is -0.0554. The molecule has 4 atom stereocenters. The Morgan fingerprint density at radius 2 is 1.68 bits per heavy atom. The van der Waals surface area contributed by atoms with Crippen molar-refractivity contribution in [2.24, 2.45) is 11.8 Å².